The van der Waals surface area contributed by atoms with Crippen LogP contribution in [-0.4, -0.2) is 18.5 Å². The highest BCUT2D eigenvalue weighted by atomic mass is 16.7. The summed E-state index contributed by atoms with van der Waals surface area (Å²) in [6, 6.07) is 52.4. The van der Waals surface area contributed by atoms with E-state index in [1.54, 1.807) is 0 Å². The van der Waals surface area contributed by atoms with Gasteiger partial charge < -0.3 is 14.8 Å². The van der Waals surface area contributed by atoms with Crippen molar-refractivity contribution in [1.29, 1.82) is 0 Å². The predicted octanol–water partition coefficient (Wildman–Crippen LogP) is 13.0. The van der Waals surface area contributed by atoms with Crippen molar-refractivity contribution in [2.75, 3.05) is 12.1 Å². The summed E-state index contributed by atoms with van der Waals surface area (Å²) in [6.45, 7) is 4.06. The zero-order chi connectivity index (χ0) is 40.3. The van der Waals surface area contributed by atoms with Crippen LogP contribution in [0, 0.1) is 13.8 Å². The predicted molar refractivity (Wildman–Crippen MR) is 242 cm³/mol. The lowest BCUT2D eigenvalue weighted by molar-refractivity contribution is 0.0991. The summed E-state index contributed by atoms with van der Waals surface area (Å²) in [5.41, 5.74) is 11.1. The average molecular weight is 768 g/mol. The van der Waals surface area contributed by atoms with Gasteiger partial charge in [0.1, 0.15) is 11.5 Å². The molecule has 5 heteroatoms. The van der Waals surface area contributed by atoms with Gasteiger partial charge in [0.05, 0.1) is 0 Å². The Balaban J connectivity index is 1.04. The van der Waals surface area contributed by atoms with E-state index in [-0.39, 0.29) is 18.5 Å². The van der Waals surface area contributed by atoms with E-state index in [1.165, 1.54) is 0 Å². The minimum atomic E-state index is -0.143. The molecule has 8 aromatic rings. The lowest BCUT2D eigenvalue weighted by Crippen LogP contribution is -2.11. The molecular weight excluding hydrogens is 727 g/mol. The summed E-state index contributed by atoms with van der Waals surface area (Å²) in [7, 11) is 0. The van der Waals surface area contributed by atoms with Gasteiger partial charge in [0.2, 0.25) is 6.79 Å². The van der Waals surface area contributed by atoms with Crippen LogP contribution in [0.25, 0.3) is 57.0 Å². The van der Waals surface area contributed by atoms with Crippen molar-refractivity contribution in [1.82, 2.24) is 0 Å². The topological polar surface area (TPSA) is 64.6 Å². The number of amides is 1. The second-order valence-corrected chi connectivity index (χ2v) is 15.0. The Bertz CT molecular complexity index is 2720. The van der Waals surface area contributed by atoms with Crippen LogP contribution < -0.4 is 14.8 Å². The summed E-state index contributed by atoms with van der Waals surface area (Å²) >= 11 is 0. The van der Waals surface area contributed by atoms with E-state index in [9.17, 15) is 9.59 Å². The maximum Gasteiger partial charge on any atom is 0.255 e. The van der Waals surface area contributed by atoms with E-state index >= 15 is 0 Å². The number of hydrogen-bond acceptors (Lipinski definition) is 4. The van der Waals surface area contributed by atoms with Gasteiger partial charge in [-0.1, -0.05) is 157 Å². The summed E-state index contributed by atoms with van der Waals surface area (Å²) < 4.78 is 13.1. The molecule has 0 fully saturated rings. The number of fused-ring (bicyclic) bond motifs is 7. The Hall–Kier alpha value is -7.50. The van der Waals surface area contributed by atoms with Gasteiger partial charge in [-0.15, -0.1) is 0 Å². The molecule has 9 rings (SSSR count). The maximum absolute atomic E-state index is 12.9. The van der Waals surface area contributed by atoms with Crippen molar-refractivity contribution in [3.8, 4) is 22.6 Å². The molecule has 0 saturated heterocycles. The van der Waals surface area contributed by atoms with Gasteiger partial charge in [0.15, 0.2) is 5.78 Å². The number of ether oxygens (including phenoxy) is 2. The Kier molecular flexibility index (Phi) is 10.2. The van der Waals surface area contributed by atoms with Crippen LogP contribution in [0.15, 0.2) is 158 Å². The lowest BCUT2D eigenvalue weighted by Gasteiger charge is -2.17. The molecule has 0 saturated carbocycles. The Morgan fingerprint density at radius 1 is 0.542 bits per heavy atom. The molecule has 5 nitrogen and oxygen atoms in total. The smallest absolute Gasteiger partial charge is 0.255 e. The average Bonchev–Trinajstić information content (AvgIpc) is 3.47. The number of hydrogen-bond donors (Lipinski definition) is 1. The van der Waals surface area contributed by atoms with Crippen LogP contribution in [0.2, 0.25) is 0 Å². The summed E-state index contributed by atoms with van der Waals surface area (Å²) in [4.78, 5) is 25.7. The third-order valence-corrected chi connectivity index (χ3v) is 10.8. The molecule has 59 heavy (non-hydrogen) atoms. The number of anilines is 1. The van der Waals surface area contributed by atoms with Gasteiger partial charge in [-0.2, -0.15) is 0 Å². The van der Waals surface area contributed by atoms with Crippen molar-refractivity contribution < 1.29 is 19.1 Å². The third kappa shape index (κ3) is 7.92. The molecule has 0 atom stereocenters. The molecule has 8 aromatic carbocycles. The van der Waals surface area contributed by atoms with E-state index in [2.05, 4.69) is 90.3 Å². The number of carbonyl (C=O) groups excluding carboxylic acids is 2. The van der Waals surface area contributed by atoms with Crippen LogP contribution in [0.3, 0.4) is 0 Å². The Labute approximate surface area is 343 Å². The van der Waals surface area contributed by atoms with Crippen molar-refractivity contribution in [2.24, 2.45) is 0 Å². The van der Waals surface area contributed by atoms with Gasteiger partial charge in [0.25, 0.3) is 5.91 Å². The highest BCUT2D eigenvalue weighted by Crippen LogP contribution is 2.50. The van der Waals surface area contributed by atoms with Crippen LogP contribution in [-0.2, 0) is 6.42 Å². The molecule has 0 spiro atoms. The number of benzene rings is 8. The number of nitrogens with one attached hydrogen (secondary N) is 1. The lowest BCUT2D eigenvalue weighted by atomic mass is 9.88. The van der Waals surface area contributed by atoms with Crippen molar-refractivity contribution >= 4 is 63.2 Å². The van der Waals surface area contributed by atoms with Crippen LogP contribution >= 0.6 is 0 Å². The van der Waals surface area contributed by atoms with Crippen molar-refractivity contribution in [3.05, 3.63) is 208 Å². The Morgan fingerprint density at radius 2 is 1.02 bits per heavy atom. The molecule has 0 aliphatic carbocycles. The van der Waals surface area contributed by atoms with Crippen LogP contribution in [0.5, 0.6) is 11.5 Å². The molecule has 1 aliphatic heterocycles. The number of ketones is 1. The van der Waals surface area contributed by atoms with Crippen LogP contribution in [0.1, 0.15) is 59.7 Å². The molecule has 286 valence electrons. The van der Waals surface area contributed by atoms with Crippen LogP contribution in [0.4, 0.5) is 5.69 Å². The summed E-state index contributed by atoms with van der Waals surface area (Å²) in [5.74, 6) is 1.47. The molecule has 1 aliphatic rings. The van der Waals surface area contributed by atoms with E-state index in [0.29, 0.717) is 12.0 Å². The fourth-order valence-electron chi connectivity index (χ4n) is 7.63. The molecule has 1 N–H and O–H groups in total. The first kappa shape index (κ1) is 37.1. The van der Waals surface area contributed by atoms with E-state index in [1.807, 2.05) is 111 Å². The number of aryl methyl sites for hydroxylation is 2. The maximum atomic E-state index is 12.9. The van der Waals surface area contributed by atoms with Crippen molar-refractivity contribution in [3.63, 3.8) is 0 Å². The fourth-order valence-corrected chi connectivity index (χ4v) is 7.63. The first-order chi connectivity index (χ1) is 28.9. The Morgan fingerprint density at radius 3 is 1.54 bits per heavy atom. The fraction of sp³-hybridized carbons (Fsp3) is 0.0741. The third-order valence-electron chi connectivity index (χ3n) is 10.8. The standard InChI is InChI=1S/C54H41NO4/c1-35-11-23-40(24-12-35)49(56)31-39-17-15-37(16-18-39)19-27-44-32-42-7-3-5-9-47(42)50-51-48-10-6-4-8-43(48)33-45(53(51)59-34-58-52(44)50)28-20-38-21-29-46(30-22-38)55-54(57)41-25-13-36(2)14-26-41/h3-30,32-33H,31,34H2,1-2H3,(H,55,57)/b27-19+,28-20+. The SMILES string of the molecule is Cc1ccc(C(=O)Cc2ccc(/C=C/c3cc4ccccc4c4c3OCOc3c(/C=C/c5ccc(NC(=O)c6ccc(C)cc6)cc5)cc5ccccc5c3-4)cc2)cc1. The zero-order valence-electron chi connectivity index (χ0n) is 32.9. The molecule has 1 heterocycles. The first-order valence-corrected chi connectivity index (χ1v) is 19.8. The quantitative estimate of drug-likeness (QED) is 0.117. The molecule has 0 radical (unpaired) electrons. The highest BCUT2D eigenvalue weighted by molar-refractivity contribution is 6.13. The monoisotopic (exact) mass is 767 g/mol. The molecule has 0 aromatic heterocycles. The second-order valence-electron chi connectivity index (χ2n) is 15.0. The second kappa shape index (κ2) is 16.2. The van der Waals surface area contributed by atoms with Gasteiger partial charge in [-0.05, 0) is 88.5 Å². The van der Waals surface area contributed by atoms with Gasteiger partial charge >= 0.3 is 0 Å². The molecule has 1 amide bonds. The minimum Gasteiger partial charge on any atom is -0.456 e. The molecular formula is C54H41NO4. The van der Waals surface area contributed by atoms with E-state index < -0.39 is 0 Å². The normalized spacial score (nSPS) is 12.2. The number of carbonyl (C=O) groups is 2. The first-order valence-electron chi connectivity index (χ1n) is 19.8. The van der Waals surface area contributed by atoms with E-state index in [4.69, 9.17) is 9.47 Å². The largest absolute Gasteiger partial charge is 0.456 e. The van der Waals surface area contributed by atoms with Crippen molar-refractivity contribution in [2.45, 2.75) is 20.3 Å². The number of Topliss-reactive ketones (excluding diaryl/α,β-unsaturated/α-hetero) is 1. The number of rotatable bonds is 9. The van der Waals surface area contributed by atoms with Gasteiger partial charge in [0, 0.05) is 45.5 Å². The molecule has 0 bridgehead atoms. The minimum absolute atomic E-state index is 0.0391. The highest BCUT2D eigenvalue weighted by Gasteiger charge is 2.26. The summed E-state index contributed by atoms with van der Waals surface area (Å²) in [5, 5.41) is 7.31. The van der Waals surface area contributed by atoms with Gasteiger partial charge in [-0.3, -0.25) is 9.59 Å². The molecule has 0 unspecified atom stereocenters. The summed E-state index contributed by atoms with van der Waals surface area (Å²) in [6.07, 6.45) is 8.68. The van der Waals surface area contributed by atoms with Gasteiger partial charge in [-0.25, -0.2) is 0 Å². The van der Waals surface area contributed by atoms with E-state index in [0.717, 1.165) is 94.4 Å². The zero-order valence-corrected chi connectivity index (χ0v) is 32.9.